The Kier molecular flexibility index (Phi) is 4.57. The molecule has 1 N–H and O–H groups in total. The van der Waals surface area contributed by atoms with Gasteiger partial charge < -0.3 is 14.6 Å². The Morgan fingerprint density at radius 2 is 2.16 bits per heavy atom. The van der Waals surface area contributed by atoms with Gasteiger partial charge in [0.2, 0.25) is 0 Å². The molecule has 0 aromatic heterocycles. The molecule has 0 radical (unpaired) electrons. The first-order valence-corrected chi connectivity index (χ1v) is 6.13. The highest BCUT2D eigenvalue weighted by atomic mass is 19.1. The maximum atomic E-state index is 12.7. The fraction of sp³-hybridized carbons (Fsp3) is 0.462. The predicted molar refractivity (Wildman–Crippen MR) is 65.4 cm³/mol. The van der Waals surface area contributed by atoms with E-state index in [1.165, 1.54) is 17.0 Å². The van der Waals surface area contributed by atoms with Gasteiger partial charge in [-0.2, -0.15) is 0 Å². The molecule has 1 aromatic carbocycles. The van der Waals surface area contributed by atoms with Gasteiger partial charge in [0.1, 0.15) is 18.2 Å². The summed E-state index contributed by atoms with van der Waals surface area (Å²) in [6, 6.07) is 5.49. The maximum Gasteiger partial charge on any atom is 0.410 e. The Hall–Kier alpha value is -1.82. The van der Waals surface area contributed by atoms with Crippen LogP contribution in [0.2, 0.25) is 0 Å². The van der Waals surface area contributed by atoms with Crippen LogP contribution in [0.1, 0.15) is 6.42 Å². The second-order valence-electron chi connectivity index (χ2n) is 4.26. The van der Waals surface area contributed by atoms with E-state index < -0.39 is 6.09 Å². The molecule has 1 aromatic rings. The van der Waals surface area contributed by atoms with E-state index in [4.69, 9.17) is 14.6 Å². The van der Waals surface area contributed by atoms with E-state index in [1.54, 1.807) is 12.1 Å². The van der Waals surface area contributed by atoms with Crippen LogP contribution < -0.4 is 4.74 Å². The van der Waals surface area contributed by atoms with Gasteiger partial charge in [0, 0.05) is 6.54 Å². The number of rotatable bonds is 6. The molecule has 104 valence electrons. The molecule has 1 aliphatic heterocycles. The van der Waals surface area contributed by atoms with Crippen molar-refractivity contribution in [3.63, 3.8) is 0 Å². The number of amides is 1. The number of aliphatic hydroxyl groups excluding tert-OH is 1. The van der Waals surface area contributed by atoms with Crippen molar-refractivity contribution in [2.24, 2.45) is 0 Å². The lowest BCUT2D eigenvalue weighted by Crippen LogP contribution is -2.37. The molecule has 0 unspecified atom stereocenters. The van der Waals surface area contributed by atoms with Gasteiger partial charge in [-0.05, 0) is 30.7 Å². The van der Waals surface area contributed by atoms with E-state index in [-0.39, 0.29) is 25.1 Å². The minimum Gasteiger partial charge on any atom is -0.494 e. The number of nitrogens with zero attached hydrogens (tertiary/aromatic N) is 1. The van der Waals surface area contributed by atoms with Gasteiger partial charge in [-0.15, -0.1) is 0 Å². The lowest BCUT2D eigenvalue weighted by molar-refractivity contribution is 0.149. The van der Waals surface area contributed by atoms with Crippen molar-refractivity contribution < 1.29 is 23.8 Å². The second kappa shape index (κ2) is 6.38. The summed E-state index contributed by atoms with van der Waals surface area (Å²) < 4.78 is 22.9. The lowest BCUT2D eigenvalue weighted by Gasteiger charge is -2.19. The van der Waals surface area contributed by atoms with Gasteiger partial charge in [0.05, 0.1) is 19.3 Å². The van der Waals surface area contributed by atoms with Crippen LogP contribution in [0, 0.1) is 5.82 Å². The first-order valence-electron chi connectivity index (χ1n) is 6.13. The summed E-state index contributed by atoms with van der Waals surface area (Å²) in [5.74, 6) is 0.280. The number of halogens is 1. The molecule has 1 saturated heterocycles. The third-order valence-electron chi connectivity index (χ3n) is 2.91. The molecule has 1 atom stereocenters. The van der Waals surface area contributed by atoms with Gasteiger partial charge in [-0.25, -0.2) is 9.18 Å². The van der Waals surface area contributed by atoms with E-state index in [1.807, 2.05) is 0 Å². The summed E-state index contributed by atoms with van der Waals surface area (Å²) in [6.07, 6.45) is 0.212. The fourth-order valence-electron chi connectivity index (χ4n) is 1.87. The number of carbonyl (C=O) groups is 1. The van der Waals surface area contributed by atoms with E-state index in [2.05, 4.69) is 0 Å². The summed E-state index contributed by atoms with van der Waals surface area (Å²) in [6.45, 7) is 0.998. The smallest absolute Gasteiger partial charge is 0.410 e. The molecule has 0 aliphatic carbocycles. The zero-order chi connectivity index (χ0) is 13.7. The Bertz CT molecular complexity index is 423. The number of benzene rings is 1. The van der Waals surface area contributed by atoms with Crippen LogP contribution in [0.4, 0.5) is 9.18 Å². The molecular formula is C13H16FNO4. The van der Waals surface area contributed by atoms with Gasteiger partial charge in [-0.1, -0.05) is 0 Å². The minimum atomic E-state index is -0.402. The largest absolute Gasteiger partial charge is 0.494 e. The lowest BCUT2D eigenvalue weighted by atomic mass is 10.3. The molecule has 2 rings (SSSR count). The molecule has 0 saturated carbocycles. The fourth-order valence-corrected chi connectivity index (χ4v) is 1.87. The van der Waals surface area contributed by atoms with E-state index in [0.717, 1.165) is 0 Å². The van der Waals surface area contributed by atoms with E-state index >= 15 is 0 Å². The predicted octanol–water partition coefficient (Wildman–Crippen LogP) is 1.41. The summed E-state index contributed by atoms with van der Waals surface area (Å²) in [5.41, 5.74) is 0. The molecule has 5 nitrogen and oxygen atoms in total. The monoisotopic (exact) mass is 269 g/mol. The molecule has 6 heteroatoms. The van der Waals surface area contributed by atoms with Crippen LogP contribution in [0.3, 0.4) is 0 Å². The first-order chi connectivity index (χ1) is 9.20. The molecule has 0 bridgehead atoms. The van der Waals surface area contributed by atoms with Gasteiger partial charge in [0.25, 0.3) is 0 Å². The number of hydrogen-bond acceptors (Lipinski definition) is 4. The van der Waals surface area contributed by atoms with Gasteiger partial charge in [0.15, 0.2) is 0 Å². The van der Waals surface area contributed by atoms with Crippen LogP contribution in [-0.2, 0) is 4.74 Å². The third-order valence-corrected chi connectivity index (χ3v) is 2.91. The number of aliphatic hydroxyl groups is 1. The molecule has 0 spiro atoms. The van der Waals surface area contributed by atoms with Gasteiger partial charge >= 0.3 is 6.09 Å². The molecule has 1 fully saturated rings. The minimum absolute atomic E-state index is 0.107. The average Bonchev–Trinajstić information content (AvgIpc) is 2.77. The summed E-state index contributed by atoms with van der Waals surface area (Å²) in [5, 5.41) is 9.07. The molecule has 19 heavy (non-hydrogen) atoms. The molecular weight excluding hydrogens is 253 g/mol. The van der Waals surface area contributed by atoms with Crippen LogP contribution in [0.25, 0.3) is 0 Å². The zero-order valence-corrected chi connectivity index (χ0v) is 10.4. The molecule has 1 aliphatic rings. The summed E-state index contributed by atoms with van der Waals surface area (Å²) in [7, 11) is 0. The topological polar surface area (TPSA) is 59.0 Å². The standard InChI is InChI=1S/C13H16FNO4/c14-10-2-4-12(5-3-10)18-7-1-6-15-11(8-16)9-19-13(15)17/h2-5,11,16H,1,6-9H2/t11-/m0/s1. The zero-order valence-electron chi connectivity index (χ0n) is 10.4. The molecule has 1 amide bonds. The summed E-state index contributed by atoms with van der Waals surface area (Å²) >= 11 is 0. The normalized spacial score (nSPS) is 18.5. The van der Waals surface area contributed by atoms with Crippen LogP contribution in [-0.4, -0.2) is 48.5 Å². The van der Waals surface area contributed by atoms with Crippen molar-refractivity contribution in [2.45, 2.75) is 12.5 Å². The Labute approximate surface area is 110 Å². The Morgan fingerprint density at radius 3 is 2.84 bits per heavy atom. The van der Waals surface area contributed by atoms with Crippen molar-refractivity contribution in [3.05, 3.63) is 30.1 Å². The highest BCUT2D eigenvalue weighted by Gasteiger charge is 2.31. The van der Waals surface area contributed by atoms with Crippen molar-refractivity contribution in [1.29, 1.82) is 0 Å². The first kappa shape index (κ1) is 13.6. The van der Waals surface area contributed by atoms with Crippen molar-refractivity contribution in [2.75, 3.05) is 26.4 Å². The number of carbonyl (C=O) groups excluding carboxylic acids is 1. The number of ether oxygens (including phenoxy) is 2. The number of hydrogen-bond donors (Lipinski definition) is 1. The van der Waals surface area contributed by atoms with E-state index in [0.29, 0.717) is 25.3 Å². The maximum absolute atomic E-state index is 12.7. The van der Waals surface area contributed by atoms with Crippen molar-refractivity contribution in [3.8, 4) is 5.75 Å². The quantitative estimate of drug-likeness (QED) is 0.793. The second-order valence-corrected chi connectivity index (χ2v) is 4.26. The number of cyclic esters (lactones) is 1. The highest BCUT2D eigenvalue weighted by molar-refractivity contribution is 5.70. The third kappa shape index (κ3) is 3.57. The summed E-state index contributed by atoms with van der Waals surface area (Å²) in [4.78, 5) is 12.8. The average molecular weight is 269 g/mol. The van der Waals surface area contributed by atoms with Crippen molar-refractivity contribution >= 4 is 6.09 Å². The molecule has 1 heterocycles. The SMILES string of the molecule is O=C1OC[C@H](CO)N1CCCOc1ccc(F)cc1. The van der Waals surface area contributed by atoms with Crippen molar-refractivity contribution in [1.82, 2.24) is 4.90 Å². The van der Waals surface area contributed by atoms with E-state index in [9.17, 15) is 9.18 Å². The van der Waals surface area contributed by atoms with Crippen LogP contribution >= 0.6 is 0 Å². The van der Waals surface area contributed by atoms with Gasteiger partial charge in [-0.3, -0.25) is 4.90 Å². The Balaban J connectivity index is 1.71. The van der Waals surface area contributed by atoms with Crippen LogP contribution in [0.15, 0.2) is 24.3 Å². The highest BCUT2D eigenvalue weighted by Crippen LogP contribution is 2.14. The van der Waals surface area contributed by atoms with Crippen LogP contribution in [0.5, 0.6) is 5.75 Å². The Morgan fingerprint density at radius 1 is 1.42 bits per heavy atom.